The molecule has 2 unspecified atom stereocenters. The van der Waals surface area contributed by atoms with Crippen molar-refractivity contribution in [3.8, 4) is 5.75 Å². The molecule has 0 aliphatic rings. The van der Waals surface area contributed by atoms with Crippen molar-refractivity contribution in [2.45, 2.75) is 142 Å². The number of aryl methyl sites for hydroxylation is 2. The molecule has 0 spiro atoms. The van der Waals surface area contributed by atoms with Gasteiger partial charge in [0.1, 0.15) is 5.75 Å². The Morgan fingerprint density at radius 1 is 0.488 bits per heavy atom. The van der Waals surface area contributed by atoms with E-state index in [-0.39, 0.29) is 0 Å². The number of unbranched alkanes of at least 4 members (excludes halogenated alkanes) is 10. The Balaban J connectivity index is 1.67. The lowest BCUT2D eigenvalue weighted by Crippen LogP contribution is -2.08. The van der Waals surface area contributed by atoms with Crippen LogP contribution in [0.25, 0.3) is 0 Å². The molecule has 0 saturated heterocycles. The van der Waals surface area contributed by atoms with Gasteiger partial charge < -0.3 is 5.11 Å². The van der Waals surface area contributed by atoms with Gasteiger partial charge in [-0.15, -0.1) is 0 Å². The molecule has 1 N–H and O–H groups in total. The summed E-state index contributed by atoms with van der Waals surface area (Å²) in [5.41, 5.74) is 8.36. The molecule has 41 heavy (non-hydrogen) atoms. The first-order valence-electron chi connectivity index (χ1n) is 17.0. The fraction of sp³-hybridized carbons (Fsp3) is 0.550. The van der Waals surface area contributed by atoms with Gasteiger partial charge in [0.2, 0.25) is 0 Å². The van der Waals surface area contributed by atoms with Crippen LogP contribution < -0.4 is 0 Å². The summed E-state index contributed by atoms with van der Waals surface area (Å²) in [7, 11) is 0. The van der Waals surface area contributed by atoms with E-state index in [4.69, 9.17) is 0 Å². The number of phenols is 1. The van der Waals surface area contributed by atoms with Crippen molar-refractivity contribution in [2.24, 2.45) is 0 Å². The Kier molecular flexibility index (Phi) is 15.1. The van der Waals surface area contributed by atoms with E-state index in [1.165, 1.54) is 111 Å². The lowest BCUT2D eigenvalue weighted by molar-refractivity contribution is 0.464. The molecular weight excluding hydrogens is 496 g/mol. The van der Waals surface area contributed by atoms with Gasteiger partial charge >= 0.3 is 0 Å². The third kappa shape index (κ3) is 11.0. The quantitative estimate of drug-likeness (QED) is 0.138. The molecule has 0 aliphatic carbocycles. The first-order chi connectivity index (χ1) is 20.0. The predicted molar refractivity (Wildman–Crippen MR) is 179 cm³/mol. The molecule has 3 rings (SSSR count). The summed E-state index contributed by atoms with van der Waals surface area (Å²) in [6.07, 6.45) is 20.2. The van der Waals surface area contributed by atoms with Crippen LogP contribution in [0.15, 0.2) is 66.7 Å². The smallest absolute Gasteiger partial charge is 0.119 e. The normalized spacial score (nSPS) is 12.9. The highest BCUT2D eigenvalue weighted by Gasteiger charge is 2.19. The summed E-state index contributed by atoms with van der Waals surface area (Å²) < 4.78 is 0. The monoisotopic (exact) mass is 554 g/mol. The van der Waals surface area contributed by atoms with E-state index in [1.54, 1.807) is 0 Å². The van der Waals surface area contributed by atoms with Gasteiger partial charge in [0, 0.05) is 0 Å². The van der Waals surface area contributed by atoms with Gasteiger partial charge in [-0.2, -0.15) is 0 Å². The number of hydrogen-bond acceptors (Lipinski definition) is 1. The van der Waals surface area contributed by atoms with Crippen LogP contribution in [-0.2, 0) is 25.7 Å². The van der Waals surface area contributed by atoms with Gasteiger partial charge in [0.25, 0.3) is 0 Å². The van der Waals surface area contributed by atoms with Crippen molar-refractivity contribution in [1.82, 2.24) is 0 Å². The standard InChI is InChI=1S/C40H58O/c1-5-7-9-11-13-15-22-34-24-17-19-27-37(34)32(3)30-36-26-21-29-40(41)39(36)31-33(4)38-28-20-18-25-35(38)23-16-14-12-10-8-6-2/h17-21,24-29,32-33,41H,5-16,22-23,30-31H2,1-4H3. The molecule has 0 aliphatic heterocycles. The average molecular weight is 555 g/mol. The zero-order chi connectivity index (χ0) is 29.3. The molecule has 0 amide bonds. The molecule has 0 fully saturated rings. The van der Waals surface area contributed by atoms with E-state index in [1.807, 2.05) is 12.1 Å². The predicted octanol–water partition coefficient (Wildman–Crippen LogP) is 11.9. The van der Waals surface area contributed by atoms with Crippen LogP contribution in [-0.4, -0.2) is 5.11 Å². The zero-order valence-corrected chi connectivity index (χ0v) is 26.8. The summed E-state index contributed by atoms with van der Waals surface area (Å²) in [5.74, 6) is 1.24. The second kappa shape index (κ2) is 18.8. The summed E-state index contributed by atoms with van der Waals surface area (Å²) >= 11 is 0. The summed E-state index contributed by atoms with van der Waals surface area (Å²) in [6, 6.07) is 24.2. The van der Waals surface area contributed by atoms with Gasteiger partial charge in [-0.05, 0) is 89.8 Å². The van der Waals surface area contributed by atoms with Crippen molar-refractivity contribution < 1.29 is 5.11 Å². The second-order valence-electron chi connectivity index (χ2n) is 12.6. The topological polar surface area (TPSA) is 20.2 Å². The maximum absolute atomic E-state index is 11.0. The third-order valence-electron chi connectivity index (χ3n) is 9.06. The fourth-order valence-corrected chi connectivity index (χ4v) is 6.58. The van der Waals surface area contributed by atoms with Crippen LogP contribution in [0.4, 0.5) is 0 Å². The molecular formula is C40H58O. The first kappa shape index (κ1) is 33.0. The van der Waals surface area contributed by atoms with Crippen molar-refractivity contribution in [3.63, 3.8) is 0 Å². The fourth-order valence-electron chi connectivity index (χ4n) is 6.58. The van der Waals surface area contributed by atoms with E-state index < -0.39 is 0 Å². The van der Waals surface area contributed by atoms with Crippen molar-refractivity contribution in [3.05, 3.63) is 100 Å². The van der Waals surface area contributed by atoms with E-state index in [2.05, 4.69) is 82.3 Å². The minimum Gasteiger partial charge on any atom is -0.508 e. The summed E-state index contributed by atoms with van der Waals surface area (Å²) in [5, 5.41) is 11.0. The van der Waals surface area contributed by atoms with Crippen LogP contribution in [0.3, 0.4) is 0 Å². The number of hydrogen-bond donors (Lipinski definition) is 1. The molecule has 0 bridgehead atoms. The van der Waals surface area contributed by atoms with Crippen molar-refractivity contribution >= 4 is 0 Å². The first-order valence-corrected chi connectivity index (χ1v) is 17.0. The molecule has 3 aromatic carbocycles. The highest BCUT2D eigenvalue weighted by Crippen LogP contribution is 2.34. The molecule has 0 aromatic heterocycles. The third-order valence-corrected chi connectivity index (χ3v) is 9.06. The Morgan fingerprint density at radius 3 is 1.46 bits per heavy atom. The van der Waals surface area contributed by atoms with Gasteiger partial charge in [-0.3, -0.25) is 0 Å². The van der Waals surface area contributed by atoms with Crippen LogP contribution in [0.1, 0.15) is 150 Å². The van der Waals surface area contributed by atoms with Gasteiger partial charge in [0.15, 0.2) is 0 Å². The SMILES string of the molecule is CCCCCCCCc1ccccc1C(C)Cc1cccc(O)c1CC(C)c1ccccc1CCCCCCCC. The number of rotatable bonds is 20. The lowest BCUT2D eigenvalue weighted by atomic mass is 9.83. The molecule has 0 saturated carbocycles. The Labute approximate surface area is 252 Å². The van der Waals surface area contributed by atoms with E-state index in [0.717, 1.165) is 24.8 Å². The molecule has 1 nitrogen and oxygen atoms in total. The molecule has 2 atom stereocenters. The van der Waals surface area contributed by atoms with E-state index in [9.17, 15) is 5.11 Å². The number of benzene rings is 3. The van der Waals surface area contributed by atoms with E-state index >= 15 is 0 Å². The Hall–Kier alpha value is -2.54. The second-order valence-corrected chi connectivity index (χ2v) is 12.6. The van der Waals surface area contributed by atoms with Crippen LogP contribution in [0.5, 0.6) is 5.75 Å². The van der Waals surface area contributed by atoms with Crippen molar-refractivity contribution in [1.29, 1.82) is 0 Å². The van der Waals surface area contributed by atoms with Gasteiger partial charge in [0.05, 0.1) is 0 Å². The Morgan fingerprint density at radius 2 is 0.927 bits per heavy atom. The zero-order valence-electron chi connectivity index (χ0n) is 26.8. The van der Waals surface area contributed by atoms with Crippen LogP contribution in [0, 0.1) is 0 Å². The maximum Gasteiger partial charge on any atom is 0.119 e. The minimum atomic E-state index is 0.369. The highest BCUT2D eigenvalue weighted by atomic mass is 16.3. The maximum atomic E-state index is 11.0. The Bertz CT molecular complexity index is 1130. The van der Waals surface area contributed by atoms with Crippen molar-refractivity contribution in [2.75, 3.05) is 0 Å². The average Bonchev–Trinajstić information content (AvgIpc) is 2.98. The summed E-state index contributed by atoms with van der Waals surface area (Å²) in [6.45, 7) is 9.28. The van der Waals surface area contributed by atoms with Gasteiger partial charge in [-0.1, -0.05) is 153 Å². The molecule has 0 radical (unpaired) electrons. The summed E-state index contributed by atoms with van der Waals surface area (Å²) in [4.78, 5) is 0. The number of phenolic OH excluding ortho intramolecular Hbond substituents is 1. The highest BCUT2D eigenvalue weighted by molar-refractivity contribution is 5.43. The van der Waals surface area contributed by atoms with E-state index in [0.29, 0.717) is 17.6 Å². The molecule has 3 aromatic rings. The largest absolute Gasteiger partial charge is 0.508 e. The lowest BCUT2D eigenvalue weighted by Gasteiger charge is -2.22. The molecule has 1 heteroatoms. The van der Waals surface area contributed by atoms with Crippen LogP contribution >= 0.6 is 0 Å². The minimum absolute atomic E-state index is 0.369. The van der Waals surface area contributed by atoms with Crippen LogP contribution in [0.2, 0.25) is 0 Å². The van der Waals surface area contributed by atoms with Gasteiger partial charge in [-0.25, -0.2) is 0 Å². The molecule has 224 valence electrons. The molecule has 0 heterocycles. The number of aromatic hydroxyl groups is 1.